The Kier molecular flexibility index (Phi) is 3.10. The number of hydrogen-bond acceptors (Lipinski definition) is 2. The molecule has 0 aliphatic rings. The summed E-state index contributed by atoms with van der Waals surface area (Å²) in [6, 6.07) is 14.2. The van der Waals surface area contributed by atoms with Gasteiger partial charge < -0.3 is 10.4 Å². The molecule has 3 nitrogen and oxygen atoms in total. The van der Waals surface area contributed by atoms with Crippen molar-refractivity contribution in [2.45, 2.75) is 0 Å². The second-order valence-corrected chi connectivity index (χ2v) is 3.68. The third kappa shape index (κ3) is 2.28. The molecule has 0 spiro atoms. The number of benzene rings is 2. The van der Waals surface area contributed by atoms with Crippen molar-refractivity contribution in [3.05, 3.63) is 54.1 Å². The number of hydrogen-bond donors (Lipinski definition) is 2. The van der Waals surface area contributed by atoms with Crippen LogP contribution in [0.2, 0.25) is 0 Å². The zero-order valence-corrected chi connectivity index (χ0v) is 9.47. The van der Waals surface area contributed by atoms with E-state index in [4.69, 9.17) is 0 Å². The summed E-state index contributed by atoms with van der Waals surface area (Å²) < 4.78 is 0. The Balaban J connectivity index is 2.47. The molecule has 2 N–H and O–H groups in total. The molecule has 0 atom stereocenters. The molecule has 0 heterocycles. The first kappa shape index (κ1) is 11.2. The van der Waals surface area contributed by atoms with Gasteiger partial charge >= 0.3 is 0 Å². The van der Waals surface area contributed by atoms with Gasteiger partial charge in [-0.3, -0.25) is 4.79 Å². The average molecular weight is 227 g/mol. The largest absolute Gasteiger partial charge is 0.507 e. The number of para-hydroxylation sites is 1. The van der Waals surface area contributed by atoms with E-state index in [1.807, 2.05) is 18.2 Å². The minimum Gasteiger partial charge on any atom is -0.507 e. The summed E-state index contributed by atoms with van der Waals surface area (Å²) in [6.07, 6.45) is 0. The monoisotopic (exact) mass is 227 g/mol. The fraction of sp³-hybridized carbons (Fsp3) is 0.0714. The molecule has 2 aromatic rings. The minimum atomic E-state index is -0.137. The molecule has 3 heteroatoms. The summed E-state index contributed by atoms with van der Waals surface area (Å²) in [6.45, 7) is 0. The Bertz CT molecular complexity index is 549. The third-order valence-corrected chi connectivity index (χ3v) is 2.57. The number of amides is 1. The highest BCUT2D eigenvalue weighted by Crippen LogP contribution is 2.28. The van der Waals surface area contributed by atoms with Crippen molar-refractivity contribution in [2.24, 2.45) is 0 Å². The standard InChI is InChI=1S/C14H13NO2/c1-15-14(17)11-6-4-5-10(9-11)12-7-2-3-8-13(12)16/h2-9,16H,1H3,(H,15,17). The normalized spacial score (nSPS) is 9.94. The predicted molar refractivity (Wildman–Crippen MR) is 66.9 cm³/mol. The number of rotatable bonds is 2. The van der Waals surface area contributed by atoms with Crippen LogP contribution < -0.4 is 5.32 Å². The Hall–Kier alpha value is -2.29. The lowest BCUT2D eigenvalue weighted by Gasteiger charge is -2.06. The second-order valence-electron chi connectivity index (χ2n) is 3.68. The molecule has 0 bridgehead atoms. The molecule has 0 saturated carbocycles. The van der Waals surface area contributed by atoms with Crippen molar-refractivity contribution in [3.8, 4) is 16.9 Å². The van der Waals surface area contributed by atoms with E-state index in [9.17, 15) is 9.90 Å². The Morgan fingerprint density at radius 1 is 1.12 bits per heavy atom. The quantitative estimate of drug-likeness (QED) is 0.827. The first-order chi connectivity index (χ1) is 8.22. The zero-order chi connectivity index (χ0) is 12.3. The van der Waals surface area contributed by atoms with Crippen molar-refractivity contribution >= 4 is 5.91 Å². The highest BCUT2D eigenvalue weighted by Gasteiger charge is 2.07. The molecule has 0 aliphatic carbocycles. The van der Waals surface area contributed by atoms with Gasteiger partial charge in [0, 0.05) is 18.2 Å². The third-order valence-electron chi connectivity index (χ3n) is 2.57. The molecule has 0 fully saturated rings. The molecule has 2 aromatic carbocycles. The van der Waals surface area contributed by atoms with Gasteiger partial charge in [0.2, 0.25) is 0 Å². The lowest BCUT2D eigenvalue weighted by molar-refractivity contribution is 0.0963. The maximum Gasteiger partial charge on any atom is 0.251 e. The molecule has 0 aromatic heterocycles. The van der Waals surface area contributed by atoms with Gasteiger partial charge in [-0.1, -0.05) is 30.3 Å². The molecule has 17 heavy (non-hydrogen) atoms. The molecule has 2 rings (SSSR count). The van der Waals surface area contributed by atoms with Crippen molar-refractivity contribution in [3.63, 3.8) is 0 Å². The highest BCUT2D eigenvalue weighted by molar-refractivity contribution is 5.95. The van der Waals surface area contributed by atoms with Crippen LogP contribution in [0.3, 0.4) is 0 Å². The van der Waals surface area contributed by atoms with Crippen LogP contribution in [0.15, 0.2) is 48.5 Å². The van der Waals surface area contributed by atoms with Gasteiger partial charge in [0.05, 0.1) is 0 Å². The van der Waals surface area contributed by atoms with E-state index in [2.05, 4.69) is 5.32 Å². The molecule has 86 valence electrons. The number of nitrogens with one attached hydrogen (secondary N) is 1. The van der Waals surface area contributed by atoms with Gasteiger partial charge in [-0.15, -0.1) is 0 Å². The minimum absolute atomic E-state index is 0.137. The number of phenols is 1. The Morgan fingerprint density at radius 3 is 2.59 bits per heavy atom. The van der Waals surface area contributed by atoms with Gasteiger partial charge in [-0.25, -0.2) is 0 Å². The summed E-state index contributed by atoms with van der Waals surface area (Å²) in [5.41, 5.74) is 2.12. The molecule has 1 amide bonds. The van der Waals surface area contributed by atoms with E-state index < -0.39 is 0 Å². The van der Waals surface area contributed by atoms with E-state index in [1.54, 1.807) is 37.4 Å². The number of carbonyl (C=O) groups excluding carboxylic acids is 1. The van der Waals surface area contributed by atoms with E-state index >= 15 is 0 Å². The van der Waals surface area contributed by atoms with Gasteiger partial charge in [-0.05, 0) is 23.8 Å². The van der Waals surface area contributed by atoms with E-state index in [1.165, 1.54) is 0 Å². The van der Waals surface area contributed by atoms with E-state index in [0.29, 0.717) is 5.56 Å². The maximum atomic E-state index is 11.5. The van der Waals surface area contributed by atoms with Crippen LogP contribution >= 0.6 is 0 Å². The molecular weight excluding hydrogens is 214 g/mol. The highest BCUT2D eigenvalue weighted by atomic mass is 16.3. The molecule has 0 aliphatic heterocycles. The van der Waals surface area contributed by atoms with Gasteiger partial charge in [0.15, 0.2) is 0 Å². The summed E-state index contributed by atoms with van der Waals surface area (Å²) in [7, 11) is 1.59. The smallest absolute Gasteiger partial charge is 0.251 e. The Morgan fingerprint density at radius 2 is 1.88 bits per heavy atom. The summed E-state index contributed by atoms with van der Waals surface area (Å²) in [5, 5.41) is 12.3. The van der Waals surface area contributed by atoms with Crippen LogP contribution in [0.1, 0.15) is 10.4 Å². The average Bonchev–Trinajstić information content (AvgIpc) is 2.38. The maximum absolute atomic E-state index is 11.5. The molecule has 0 saturated heterocycles. The zero-order valence-electron chi connectivity index (χ0n) is 9.47. The van der Waals surface area contributed by atoms with Crippen LogP contribution in [0.25, 0.3) is 11.1 Å². The van der Waals surface area contributed by atoms with Crippen LogP contribution in [0.4, 0.5) is 0 Å². The van der Waals surface area contributed by atoms with Gasteiger partial charge in [0.1, 0.15) is 5.75 Å². The van der Waals surface area contributed by atoms with Crippen molar-refractivity contribution in [1.82, 2.24) is 5.32 Å². The first-order valence-corrected chi connectivity index (χ1v) is 5.33. The predicted octanol–water partition coefficient (Wildman–Crippen LogP) is 2.42. The van der Waals surface area contributed by atoms with E-state index in [0.717, 1.165) is 11.1 Å². The van der Waals surface area contributed by atoms with Gasteiger partial charge in [0.25, 0.3) is 5.91 Å². The SMILES string of the molecule is CNC(=O)c1cccc(-c2ccccc2O)c1. The fourth-order valence-corrected chi connectivity index (χ4v) is 1.69. The second kappa shape index (κ2) is 4.70. The number of carbonyl (C=O) groups is 1. The van der Waals surface area contributed by atoms with Crippen LogP contribution in [0.5, 0.6) is 5.75 Å². The Labute approximate surface area is 99.7 Å². The summed E-state index contributed by atoms with van der Waals surface area (Å²) in [5.74, 6) is 0.0730. The van der Waals surface area contributed by atoms with E-state index in [-0.39, 0.29) is 11.7 Å². The fourth-order valence-electron chi connectivity index (χ4n) is 1.69. The van der Waals surface area contributed by atoms with Crippen molar-refractivity contribution in [1.29, 1.82) is 0 Å². The van der Waals surface area contributed by atoms with Crippen LogP contribution in [-0.2, 0) is 0 Å². The van der Waals surface area contributed by atoms with Crippen LogP contribution in [0, 0.1) is 0 Å². The lowest BCUT2D eigenvalue weighted by Crippen LogP contribution is -2.17. The van der Waals surface area contributed by atoms with Crippen molar-refractivity contribution in [2.75, 3.05) is 7.05 Å². The molecule has 0 radical (unpaired) electrons. The number of phenolic OH excluding ortho intramolecular Hbond substituents is 1. The summed E-state index contributed by atoms with van der Waals surface area (Å²) >= 11 is 0. The topological polar surface area (TPSA) is 49.3 Å². The number of aromatic hydroxyl groups is 1. The van der Waals surface area contributed by atoms with Gasteiger partial charge in [-0.2, -0.15) is 0 Å². The molecular formula is C14H13NO2. The van der Waals surface area contributed by atoms with Crippen molar-refractivity contribution < 1.29 is 9.90 Å². The summed E-state index contributed by atoms with van der Waals surface area (Å²) in [4.78, 5) is 11.5. The molecule has 0 unspecified atom stereocenters. The van der Waals surface area contributed by atoms with Crippen LogP contribution in [-0.4, -0.2) is 18.1 Å². The lowest BCUT2D eigenvalue weighted by atomic mass is 10.0. The first-order valence-electron chi connectivity index (χ1n) is 5.33.